The van der Waals surface area contributed by atoms with Crippen molar-refractivity contribution in [2.75, 3.05) is 19.6 Å². The molecule has 2 fully saturated rings. The molecule has 0 radical (unpaired) electrons. The Balaban J connectivity index is 1.76. The van der Waals surface area contributed by atoms with E-state index in [4.69, 9.17) is 10.2 Å². The van der Waals surface area contributed by atoms with Gasteiger partial charge in [0.15, 0.2) is 0 Å². The van der Waals surface area contributed by atoms with Crippen LogP contribution in [0.15, 0.2) is 22.8 Å². The Morgan fingerprint density at radius 3 is 3.00 bits per heavy atom. The van der Waals surface area contributed by atoms with Crippen LogP contribution in [0, 0.1) is 0 Å². The first-order valence-electron chi connectivity index (χ1n) is 6.99. The molecular weight excluding hydrogens is 242 g/mol. The lowest BCUT2D eigenvalue weighted by Crippen LogP contribution is -2.54. The van der Waals surface area contributed by atoms with Gasteiger partial charge in [-0.3, -0.25) is 9.69 Å². The number of furan rings is 1. The highest BCUT2D eigenvalue weighted by Crippen LogP contribution is 2.30. The highest BCUT2D eigenvalue weighted by Gasteiger charge is 2.39. The first kappa shape index (κ1) is 12.7. The molecule has 1 amide bonds. The Labute approximate surface area is 113 Å². The van der Waals surface area contributed by atoms with Crippen LogP contribution in [-0.4, -0.2) is 47.4 Å². The van der Waals surface area contributed by atoms with Crippen molar-refractivity contribution in [2.45, 2.75) is 37.9 Å². The summed E-state index contributed by atoms with van der Waals surface area (Å²) in [5.74, 6) is 1.23. The maximum atomic E-state index is 11.7. The van der Waals surface area contributed by atoms with Crippen LogP contribution in [0.25, 0.3) is 0 Å². The van der Waals surface area contributed by atoms with Crippen molar-refractivity contribution in [3.8, 4) is 0 Å². The highest BCUT2D eigenvalue weighted by atomic mass is 16.3. The Morgan fingerprint density at radius 1 is 1.47 bits per heavy atom. The largest absolute Gasteiger partial charge is 0.468 e. The number of rotatable bonds is 3. The lowest BCUT2D eigenvalue weighted by Gasteiger charge is -2.42. The van der Waals surface area contributed by atoms with Crippen molar-refractivity contribution in [3.05, 3.63) is 24.2 Å². The number of nitrogens with zero attached hydrogens (tertiary/aromatic N) is 2. The van der Waals surface area contributed by atoms with Crippen molar-refractivity contribution in [3.63, 3.8) is 0 Å². The number of carbonyl (C=O) groups is 1. The van der Waals surface area contributed by atoms with E-state index in [1.165, 1.54) is 0 Å². The van der Waals surface area contributed by atoms with Crippen molar-refractivity contribution < 1.29 is 9.21 Å². The minimum atomic E-state index is 0.00908. The topological polar surface area (TPSA) is 62.7 Å². The molecule has 104 valence electrons. The minimum Gasteiger partial charge on any atom is -0.468 e. The lowest BCUT2D eigenvalue weighted by molar-refractivity contribution is -0.131. The summed E-state index contributed by atoms with van der Waals surface area (Å²) >= 11 is 0. The van der Waals surface area contributed by atoms with E-state index in [1.54, 1.807) is 6.26 Å². The molecule has 3 unspecified atom stereocenters. The fourth-order valence-corrected chi connectivity index (χ4v) is 3.37. The Morgan fingerprint density at radius 2 is 2.32 bits per heavy atom. The van der Waals surface area contributed by atoms with Gasteiger partial charge in [0.1, 0.15) is 5.76 Å². The van der Waals surface area contributed by atoms with E-state index in [0.29, 0.717) is 18.4 Å². The molecular formula is C14H21N3O2. The van der Waals surface area contributed by atoms with E-state index in [0.717, 1.165) is 31.8 Å². The molecule has 2 N–H and O–H groups in total. The number of hydrogen-bond donors (Lipinski definition) is 1. The summed E-state index contributed by atoms with van der Waals surface area (Å²) in [6.45, 7) is 4.60. The lowest BCUT2D eigenvalue weighted by atomic mass is 10.0. The van der Waals surface area contributed by atoms with Gasteiger partial charge in [0.05, 0.1) is 12.3 Å². The number of hydrogen-bond acceptors (Lipinski definition) is 4. The molecule has 1 aromatic rings. The number of fused-ring (bicyclic) bond motifs is 1. The van der Waals surface area contributed by atoms with Gasteiger partial charge in [-0.2, -0.15) is 0 Å². The fourth-order valence-electron chi connectivity index (χ4n) is 3.37. The van der Waals surface area contributed by atoms with E-state index >= 15 is 0 Å². The molecule has 1 aromatic heterocycles. The molecule has 5 nitrogen and oxygen atoms in total. The summed E-state index contributed by atoms with van der Waals surface area (Å²) in [7, 11) is 0. The van der Waals surface area contributed by atoms with E-state index in [9.17, 15) is 4.79 Å². The standard InChI is InChI=1S/C14H21N3O2/c1-10(15)14(12-3-2-8-19-12)16-6-7-17-11(9-16)4-5-13(17)18/h2-3,8,10-11,14H,4-7,9,15H2,1H3. The number of amides is 1. The molecule has 2 saturated heterocycles. The van der Waals surface area contributed by atoms with Gasteiger partial charge in [-0.05, 0) is 25.5 Å². The first-order valence-corrected chi connectivity index (χ1v) is 6.99. The molecule has 0 spiro atoms. The first-order chi connectivity index (χ1) is 9.16. The Hall–Kier alpha value is -1.33. The molecule has 5 heteroatoms. The van der Waals surface area contributed by atoms with Crippen molar-refractivity contribution in [1.82, 2.24) is 9.80 Å². The van der Waals surface area contributed by atoms with Crippen molar-refractivity contribution in [2.24, 2.45) is 5.73 Å². The second kappa shape index (κ2) is 4.98. The van der Waals surface area contributed by atoms with E-state index in [-0.39, 0.29) is 12.1 Å². The highest BCUT2D eigenvalue weighted by molar-refractivity contribution is 5.78. The maximum absolute atomic E-state index is 11.7. The third-order valence-electron chi connectivity index (χ3n) is 4.25. The second-order valence-corrected chi connectivity index (χ2v) is 5.59. The van der Waals surface area contributed by atoms with Crippen molar-refractivity contribution in [1.29, 1.82) is 0 Å². The molecule has 0 aliphatic carbocycles. The van der Waals surface area contributed by atoms with Crippen LogP contribution in [-0.2, 0) is 4.79 Å². The zero-order valence-corrected chi connectivity index (χ0v) is 11.3. The molecule has 2 aliphatic rings. The number of carbonyl (C=O) groups excluding carboxylic acids is 1. The average Bonchev–Trinajstić information content (AvgIpc) is 3.00. The molecule has 19 heavy (non-hydrogen) atoms. The summed E-state index contributed by atoms with van der Waals surface area (Å²) in [6.07, 6.45) is 3.36. The zero-order chi connectivity index (χ0) is 13.4. The van der Waals surface area contributed by atoms with Crippen LogP contribution in [0.5, 0.6) is 0 Å². The van der Waals surface area contributed by atoms with Crippen LogP contribution in [0.1, 0.15) is 31.6 Å². The fraction of sp³-hybridized carbons (Fsp3) is 0.643. The quantitative estimate of drug-likeness (QED) is 0.883. The van der Waals surface area contributed by atoms with Gasteiger partial charge in [0, 0.05) is 38.1 Å². The van der Waals surface area contributed by atoms with Gasteiger partial charge in [-0.15, -0.1) is 0 Å². The van der Waals surface area contributed by atoms with Gasteiger partial charge in [-0.25, -0.2) is 0 Å². The van der Waals surface area contributed by atoms with Crippen LogP contribution in [0.3, 0.4) is 0 Å². The molecule has 0 aromatic carbocycles. The van der Waals surface area contributed by atoms with E-state index in [1.807, 2.05) is 24.0 Å². The third-order valence-corrected chi connectivity index (χ3v) is 4.25. The summed E-state index contributed by atoms with van der Waals surface area (Å²) < 4.78 is 5.54. The average molecular weight is 263 g/mol. The maximum Gasteiger partial charge on any atom is 0.222 e. The van der Waals surface area contributed by atoms with Crippen LogP contribution in [0.4, 0.5) is 0 Å². The Bertz CT molecular complexity index is 444. The van der Waals surface area contributed by atoms with Gasteiger partial charge in [-0.1, -0.05) is 0 Å². The molecule has 3 heterocycles. The summed E-state index contributed by atoms with van der Waals surface area (Å²) in [5, 5.41) is 0. The number of piperazine rings is 1. The molecule has 0 saturated carbocycles. The number of nitrogens with two attached hydrogens (primary N) is 1. The summed E-state index contributed by atoms with van der Waals surface area (Å²) in [6, 6.07) is 4.36. The molecule has 3 rings (SSSR count). The van der Waals surface area contributed by atoms with Crippen molar-refractivity contribution >= 4 is 5.91 Å². The molecule has 3 atom stereocenters. The van der Waals surface area contributed by atoms with E-state index in [2.05, 4.69) is 4.90 Å². The third kappa shape index (κ3) is 2.28. The minimum absolute atomic E-state index is 0.00908. The van der Waals surface area contributed by atoms with Gasteiger partial charge >= 0.3 is 0 Å². The summed E-state index contributed by atoms with van der Waals surface area (Å²) in [4.78, 5) is 16.1. The monoisotopic (exact) mass is 263 g/mol. The second-order valence-electron chi connectivity index (χ2n) is 5.59. The van der Waals surface area contributed by atoms with Gasteiger partial charge in [0.25, 0.3) is 0 Å². The molecule has 0 bridgehead atoms. The summed E-state index contributed by atoms with van der Waals surface area (Å²) in [5.41, 5.74) is 6.14. The SMILES string of the molecule is CC(N)C(c1ccco1)N1CCN2C(=O)CCC2C1. The normalized spacial score (nSPS) is 27.4. The predicted octanol–water partition coefficient (Wildman–Crippen LogP) is 0.974. The molecule has 2 aliphatic heterocycles. The van der Waals surface area contributed by atoms with Gasteiger partial charge in [0.2, 0.25) is 5.91 Å². The predicted molar refractivity (Wildman–Crippen MR) is 71.4 cm³/mol. The van der Waals surface area contributed by atoms with Crippen LogP contribution >= 0.6 is 0 Å². The zero-order valence-electron chi connectivity index (χ0n) is 11.3. The van der Waals surface area contributed by atoms with Crippen LogP contribution in [0.2, 0.25) is 0 Å². The van der Waals surface area contributed by atoms with Gasteiger partial charge < -0.3 is 15.1 Å². The Kier molecular flexibility index (Phi) is 3.33. The van der Waals surface area contributed by atoms with E-state index < -0.39 is 0 Å². The van der Waals surface area contributed by atoms with Crippen LogP contribution < -0.4 is 5.73 Å². The smallest absolute Gasteiger partial charge is 0.222 e.